The fourth-order valence-electron chi connectivity index (χ4n) is 12.5. The van der Waals surface area contributed by atoms with Gasteiger partial charge < -0.3 is 73.4 Å². The zero-order valence-corrected chi connectivity index (χ0v) is 49.3. The smallest absolute Gasteiger partial charge is 0.311 e. The van der Waals surface area contributed by atoms with E-state index in [9.17, 15) is 34.7 Å². The summed E-state index contributed by atoms with van der Waals surface area (Å²) in [6.45, 7) is 19.6. The molecule has 4 fully saturated rings. The van der Waals surface area contributed by atoms with Crippen LogP contribution in [0, 0.1) is 17.8 Å². The number of cyclic esters (lactones) is 1. The van der Waals surface area contributed by atoms with Crippen LogP contribution in [0.5, 0.6) is 0 Å². The van der Waals surface area contributed by atoms with E-state index in [1.54, 1.807) is 54.8 Å². The van der Waals surface area contributed by atoms with Gasteiger partial charge in [-0.2, -0.15) is 11.8 Å². The highest BCUT2D eigenvalue weighted by atomic mass is 32.2. The highest BCUT2D eigenvalue weighted by Crippen LogP contribution is 2.41. The van der Waals surface area contributed by atoms with Gasteiger partial charge in [-0.25, -0.2) is 9.07 Å². The fourth-order valence-corrected chi connectivity index (χ4v) is 13.2. The van der Waals surface area contributed by atoms with Crippen molar-refractivity contribution in [2.45, 2.75) is 215 Å². The number of alkyl halides is 1. The van der Waals surface area contributed by atoms with Crippen LogP contribution in [-0.4, -0.2) is 219 Å². The summed E-state index contributed by atoms with van der Waals surface area (Å²) >= 11 is 1.89. The highest BCUT2D eigenvalue weighted by molar-refractivity contribution is 7.99. The van der Waals surface area contributed by atoms with Crippen molar-refractivity contribution in [1.82, 2.24) is 24.8 Å². The Balaban J connectivity index is 1.24. The van der Waals surface area contributed by atoms with E-state index in [-0.39, 0.29) is 25.2 Å². The lowest BCUT2D eigenvalue weighted by Crippen LogP contribution is -2.61. The molecule has 4 saturated heterocycles. The Morgan fingerprint density at radius 2 is 1.66 bits per heavy atom. The van der Waals surface area contributed by atoms with Crippen molar-refractivity contribution in [3.05, 3.63) is 41.7 Å². The first-order chi connectivity index (χ1) is 36.2. The first kappa shape index (κ1) is 63.6. The molecular formula is C56H95FN6O13S. The zero-order chi connectivity index (χ0) is 56.9. The Kier molecular flexibility index (Phi) is 22.3. The maximum atomic E-state index is 15.0. The largest absolute Gasteiger partial charge is 0.459 e. The van der Waals surface area contributed by atoms with Crippen LogP contribution < -0.4 is 4.90 Å². The molecule has 0 amide bonds. The van der Waals surface area contributed by atoms with E-state index in [0.29, 0.717) is 36.9 Å². The maximum absolute atomic E-state index is 15.0. The summed E-state index contributed by atoms with van der Waals surface area (Å²) in [4.78, 5) is 20.8. The second kappa shape index (κ2) is 27.0. The van der Waals surface area contributed by atoms with Gasteiger partial charge in [-0.3, -0.25) is 4.79 Å². The van der Waals surface area contributed by atoms with E-state index in [1.807, 2.05) is 68.6 Å². The summed E-state index contributed by atoms with van der Waals surface area (Å²) in [5.74, 6) is -2.86. The lowest BCUT2D eigenvalue weighted by molar-refractivity contribution is -0.318. The predicted molar refractivity (Wildman–Crippen MR) is 292 cm³/mol. The maximum Gasteiger partial charge on any atom is 0.311 e. The summed E-state index contributed by atoms with van der Waals surface area (Å²) in [6.07, 6.45) is -4.54. The molecule has 0 saturated carbocycles. The van der Waals surface area contributed by atoms with Crippen molar-refractivity contribution >= 4 is 23.4 Å². The van der Waals surface area contributed by atoms with E-state index in [4.69, 9.17) is 33.2 Å². The molecule has 19 nitrogen and oxygen atoms in total. The monoisotopic (exact) mass is 1110 g/mol. The van der Waals surface area contributed by atoms with Crippen molar-refractivity contribution in [3.63, 3.8) is 0 Å². The topological polar surface area (TPSA) is 223 Å². The number of carbonyl (C=O) groups is 1. The molecule has 21 atom stereocenters. The number of aliphatic hydroxyl groups is 5. The molecule has 1 aromatic heterocycles. The average molecular weight is 1110 g/mol. The minimum atomic E-state index is -1.85. The van der Waals surface area contributed by atoms with Crippen LogP contribution >= 0.6 is 11.8 Å². The van der Waals surface area contributed by atoms with E-state index < -0.39 is 127 Å². The normalized spacial score (nSPS) is 40.2. The van der Waals surface area contributed by atoms with Crippen molar-refractivity contribution in [2.24, 2.45) is 17.8 Å². The Hall–Kier alpha value is -2.61. The lowest BCUT2D eigenvalue weighted by atomic mass is 9.77. The van der Waals surface area contributed by atoms with Gasteiger partial charge in [0, 0.05) is 88.4 Å². The zero-order valence-electron chi connectivity index (χ0n) is 48.5. The van der Waals surface area contributed by atoms with Crippen LogP contribution in [0.4, 0.5) is 10.1 Å². The quantitative estimate of drug-likeness (QED) is 0.132. The van der Waals surface area contributed by atoms with Gasteiger partial charge in [0.1, 0.15) is 48.8 Å². The summed E-state index contributed by atoms with van der Waals surface area (Å²) in [7, 11) is 6.81. The first-order valence-corrected chi connectivity index (χ1v) is 29.2. The molecule has 0 aliphatic carbocycles. The molecule has 1 unspecified atom stereocenters. The number of benzene rings is 1. The molecule has 0 bridgehead atoms. The lowest BCUT2D eigenvalue weighted by Gasteiger charge is -2.49. The van der Waals surface area contributed by atoms with Gasteiger partial charge in [0.2, 0.25) is 0 Å². The van der Waals surface area contributed by atoms with Crippen LogP contribution in [0.1, 0.15) is 125 Å². The SMILES string of the molecule is CC[C@H]1OC(=O)[C@H](C)[C@@H](O[C@H]2C[C@@](C)(OC)[C@@H](O)[C@H](C)O2)[C@H](C)[C@@H](OC2O[C@H](C)C[C@H](N(C)CCc3cn([C@@H](CF)[C@H](OC)c4ccc(N5CC[C@@H](SC)C5)cc4)nn3)[C@H]2O)[C@](C)(O)C[C@@H](C)CN(C)[C@H](C)[C@@H](O)[C@]1(C)O. The Labute approximate surface area is 461 Å². The van der Waals surface area contributed by atoms with Crippen LogP contribution in [-0.2, 0) is 44.4 Å². The van der Waals surface area contributed by atoms with E-state index >= 15 is 0 Å². The van der Waals surface area contributed by atoms with Crippen molar-refractivity contribution < 1.29 is 67.9 Å². The number of halogens is 1. The number of esters is 1. The minimum absolute atomic E-state index is 0.0879. The molecule has 5 heterocycles. The molecule has 2 aromatic rings. The van der Waals surface area contributed by atoms with Gasteiger partial charge in [-0.1, -0.05) is 38.1 Å². The standard InChI is InChI=1S/C56H95FN6O13S/c1-16-44-56(10,69)49(65)36(6)61(12)29-32(2)26-54(8,68)51(34(4)47(35(5)52(67)74-44)75-45-27-55(9,71-14)50(66)37(7)73-45)76-53-46(64)42(25-33(3)72-53)60(11)23-21-39-30-63(59-58-39)43(28-57)48(70-13)38-17-19-40(20-18-38)62-24-22-41(31-62)77-15/h17-20,30,32-37,41-51,53,64-66,68-69H,16,21-29,31H2,1-15H3/t32-,33-,34+,35-,36-,37+,41-,42+,43+,44-,45+,46-,47+,48-,49-,50+,51-,53?,54-,55-,56-/m1/s1. The number of aromatic nitrogens is 3. The van der Waals surface area contributed by atoms with Gasteiger partial charge in [0.05, 0.1) is 47.2 Å². The summed E-state index contributed by atoms with van der Waals surface area (Å²) in [6, 6.07) is 6.30. The van der Waals surface area contributed by atoms with Gasteiger partial charge in [0.15, 0.2) is 12.6 Å². The van der Waals surface area contributed by atoms with Gasteiger partial charge in [-0.15, -0.1) is 5.10 Å². The molecule has 1 aromatic carbocycles. The molecule has 4 aliphatic heterocycles. The number of carbonyl (C=O) groups excluding carboxylic acids is 1. The van der Waals surface area contributed by atoms with Crippen LogP contribution in [0.25, 0.3) is 0 Å². The van der Waals surface area contributed by atoms with E-state index in [2.05, 4.69) is 33.6 Å². The summed E-state index contributed by atoms with van der Waals surface area (Å²) < 4.78 is 60.8. The number of hydrogen-bond acceptors (Lipinski definition) is 19. The highest BCUT2D eigenvalue weighted by Gasteiger charge is 2.53. The van der Waals surface area contributed by atoms with E-state index in [0.717, 1.165) is 30.8 Å². The third-order valence-corrected chi connectivity index (χ3v) is 18.6. The molecule has 0 radical (unpaired) electrons. The molecule has 21 heteroatoms. The average Bonchev–Trinajstić information content (AvgIpc) is 4.09. The van der Waals surface area contributed by atoms with Gasteiger partial charge >= 0.3 is 5.97 Å². The second-order valence-corrected chi connectivity index (χ2v) is 24.8. The summed E-state index contributed by atoms with van der Waals surface area (Å²) in [5, 5.41) is 69.4. The number of ether oxygens (including phenoxy) is 7. The van der Waals surface area contributed by atoms with E-state index in [1.165, 1.54) is 18.7 Å². The first-order valence-electron chi connectivity index (χ1n) is 27.9. The molecule has 5 N–H and O–H groups in total. The van der Waals surface area contributed by atoms with Crippen LogP contribution in [0.15, 0.2) is 30.5 Å². The third kappa shape index (κ3) is 14.7. The van der Waals surface area contributed by atoms with Crippen LogP contribution in [0.2, 0.25) is 0 Å². The molecular weight excluding hydrogens is 1020 g/mol. The van der Waals surface area contributed by atoms with Crippen molar-refractivity contribution in [1.29, 1.82) is 0 Å². The second-order valence-electron chi connectivity index (χ2n) is 23.7. The number of hydrogen-bond donors (Lipinski definition) is 5. The number of nitrogens with zero attached hydrogens (tertiary/aromatic N) is 6. The minimum Gasteiger partial charge on any atom is -0.459 e. The molecule has 0 spiro atoms. The number of aliphatic hydroxyl groups excluding tert-OH is 3. The fraction of sp³-hybridized carbons (Fsp3) is 0.839. The molecule has 4 aliphatic rings. The predicted octanol–water partition coefficient (Wildman–Crippen LogP) is 4.95. The molecule has 440 valence electrons. The number of methoxy groups -OCH3 is 2. The van der Waals surface area contributed by atoms with Gasteiger partial charge in [-0.05, 0) is 118 Å². The number of thioether (sulfide) groups is 1. The number of likely N-dealkylation sites (N-methyl/N-ethyl adjacent to an activating group) is 2. The Morgan fingerprint density at radius 1 is 0.974 bits per heavy atom. The van der Waals surface area contributed by atoms with Crippen molar-refractivity contribution in [3.8, 4) is 0 Å². The Bertz CT molecular complexity index is 2150. The number of anilines is 1. The Morgan fingerprint density at radius 3 is 2.27 bits per heavy atom. The molecule has 77 heavy (non-hydrogen) atoms. The number of rotatable bonds is 17. The summed E-state index contributed by atoms with van der Waals surface area (Å²) in [5.41, 5.74) is -1.98. The van der Waals surface area contributed by atoms with Gasteiger partial charge in [0.25, 0.3) is 0 Å². The van der Waals surface area contributed by atoms with Crippen molar-refractivity contribution in [2.75, 3.05) is 72.3 Å². The van der Waals surface area contributed by atoms with Crippen LogP contribution in [0.3, 0.4) is 0 Å². The third-order valence-electron chi connectivity index (χ3n) is 17.6. The molecule has 6 rings (SSSR count).